The van der Waals surface area contributed by atoms with Crippen molar-refractivity contribution in [3.05, 3.63) is 33.0 Å². The Morgan fingerprint density at radius 3 is 3.14 bits per heavy atom. The molecule has 7 heteroatoms. The Kier molecular flexibility index (Phi) is 3.52. The van der Waals surface area contributed by atoms with Crippen molar-refractivity contribution in [1.82, 2.24) is 20.1 Å². The predicted molar refractivity (Wildman–Crippen MR) is 86.2 cm³/mol. The molecule has 0 radical (unpaired) electrons. The topological polar surface area (TPSA) is 52.0 Å². The molecule has 22 heavy (non-hydrogen) atoms. The van der Waals surface area contributed by atoms with Gasteiger partial charge in [-0.3, -0.25) is 4.68 Å². The first-order valence-corrected chi connectivity index (χ1v) is 8.79. The maximum Gasteiger partial charge on any atom is 0.143 e. The largest absolute Gasteiger partial charge is 0.369 e. The van der Waals surface area contributed by atoms with Crippen molar-refractivity contribution in [2.75, 3.05) is 6.61 Å². The van der Waals surface area contributed by atoms with Crippen LogP contribution in [0, 0.1) is 0 Å². The van der Waals surface area contributed by atoms with E-state index in [0.29, 0.717) is 6.04 Å². The van der Waals surface area contributed by atoms with Crippen LogP contribution in [-0.2, 0) is 23.8 Å². The number of rotatable bonds is 1. The van der Waals surface area contributed by atoms with Gasteiger partial charge in [-0.05, 0) is 31.4 Å². The molecule has 4 heterocycles. The summed E-state index contributed by atoms with van der Waals surface area (Å²) < 4.78 is 9.04. The van der Waals surface area contributed by atoms with Crippen LogP contribution in [0.3, 0.4) is 0 Å². The molecule has 1 spiro atoms. The molecule has 1 fully saturated rings. The highest BCUT2D eigenvalue weighted by atomic mass is 35.5. The molecule has 0 saturated carbocycles. The number of halogens is 1. The van der Waals surface area contributed by atoms with Crippen LogP contribution >= 0.6 is 22.9 Å². The fraction of sp³-hybridized carbons (Fsp3) is 0.600. The van der Waals surface area contributed by atoms with Gasteiger partial charge in [0.05, 0.1) is 17.0 Å². The molecular weight excluding hydrogens is 320 g/mol. The second-order valence-corrected chi connectivity index (χ2v) is 7.95. The van der Waals surface area contributed by atoms with Crippen molar-refractivity contribution >= 4 is 22.9 Å². The van der Waals surface area contributed by atoms with Crippen molar-refractivity contribution in [3.8, 4) is 0 Å². The molecule has 5 nitrogen and oxygen atoms in total. The molecule has 3 unspecified atom stereocenters. The second kappa shape index (κ2) is 5.30. The molecule has 0 amide bonds. The van der Waals surface area contributed by atoms with Gasteiger partial charge in [0.2, 0.25) is 0 Å². The zero-order valence-electron chi connectivity index (χ0n) is 12.7. The molecule has 2 aromatic rings. The van der Waals surface area contributed by atoms with Gasteiger partial charge in [0.1, 0.15) is 17.8 Å². The Hall–Kier alpha value is -0.950. The van der Waals surface area contributed by atoms with E-state index in [9.17, 15) is 0 Å². The molecule has 0 aliphatic carbocycles. The lowest BCUT2D eigenvalue weighted by Gasteiger charge is -2.45. The smallest absolute Gasteiger partial charge is 0.143 e. The van der Waals surface area contributed by atoms with Crippen LogP contribution in [0.1, 0.15) is 42.1 Å². The Bertz CT molecular complexity index is 700. The van der Waals surface area contributed by atoms with E-state index in [1.54, 1.807) is 17.7 Å². The van der Waals surface area contributed by atoms with E-state index in [2.05, 4.69) is 28.4 Å². The molecule has 0 bridgehead atoms. The minimum atomic E-state index is -0.243. The van der Waals surface area contributed by atoms with E-state index >= 15 is 0 Å². The van der Waals surface area contributed by atoms with Gasteiger partial charge >= 0.3 is 0 Å². The van der Waals surface area contributed by atoms with Crippen LogP contribution in [0.15, 0.2) is 12.4 Å². The molecule has 3 atom stereocenters. The van der Waals surface area contributed by atoms with Gasteiger partial charge in [0.15, 0.2) is 0 Å². The molecule has 2 aromatic heterocycles. The Labute approximate surface area is 138 Å². The zero-order chi connectivity index (χ0) is 15.3. The number of fused-ring (bicyclic) bond motifs is 2. The SMILES string of the molecule is CC1CC2(CC(c3ncnn3C)N1)OCCc1cc(Cl)sc12. The number of ether oxygens (including phenoxy) is 1. The van der Waals surface area contributed by atoms with E-state index in [1.807, 2.05) is 11.7 Å². The standard InChI is InChI=1S/C15H19ClN4OS/c1-9-6-15(7-11(19-9)14-17-8-18-20(14)2)13-10(3-4-21-15)5-12(16)22-13/h5,8-9,11,19H,3-4,6-7H2,1-2H3. The second-order valence-electron chi connectivity index (χ2n) is 6.27. The van der Waals surface area contributed by atoms with E-state index in [4.69, 9.17) is 16.3 Å². The summed E-state index contributed by atoms with van der Waals surface area (Å²) in [5.41, 5.74) is 1.11. The van der Waals surface area contributed by atoms with Crippen molar-refractivity contribution in [2.24, 2.45) is 7.05 Å². The summed E-state index contributed by atoms with van der Waals surface area (Å²) in [6.07, 6.45) is 4.40. The van der Waals surface area contributed by atoms with Crippen LogP contribution in [0.5, 0.6) is 0 Å². The number of piperidine rings is 1. The number of hydrogen-bond donors (Lipinski definition) is 1. The first kappa shape index (κ1) is 14.6. The highest BCUT2D eigenvalue weighted by Gasteiger charge is 2.46. The van der Waals surface area contributed by atoms with Gasteiger partial charge < -0.3 is 10.1 Å². The zero-order valence-corrected chi connectivity index (χ0v) is 14.2. The van der Waals surface area contributed by atoms with Crippen molar-refractivity contribution in [3.63, 3.8) is 0 Å². The van der Waals surface area contributed by atoms with Gasteiger partial charge in [-0.1, -0.05) is 11.6 Å². The third kappa shape index (κ3) is 2.29. The molecule has 118 valence electrons. The Morgan fingerprint density at radius 2 is 2.36 bits per heavy atom. The maximum atomic E-state index is 6.34. The summed E-state index contributed by atoms with van der Waals surface area (Å²) in [4.78, 5) is 5.73. The summed E-state index contributed by atoms with van der Waals surface area (Å²) in [5, 5.41) is 7.84. The van der Waals surface area contributed by atoms with Gasteiger partial charge in [0.25, 0.3) is 0 Å². The van der Waals surface area contributed by atoms with Crippen LogP contribution in [0.4, 0.5) is 0 Å². The summed E-state index contributed by atoms with van der Waals surface area (Å²) in [6.45, 7) is 2.97. The lowest BCUT2D eigenvalue weighted by molar-refractivity contribution is -0.0963. The van der Waals surface area contributed by atoms with Crippen LogP contribution < -0.4 is 5.32 Å². The van der Waals surface area contributed by atoms with Crippen LogP contribution in [-0.4, -0.2) is 27.4 Å². The number of nitrogens with zero attached hydrogens (tertiary/aromatic N) is 3. The molecule has 1 saturated heterocycles. The van der Waals surface area contributed by atoms with Gasteiger partial charge in [-0.15, -0.1) is 11.3 Å². The molecule has 2 aliphatic rings. The van der Waals surface area contributed by atoms with Gasteiger partial charge in [-0.2, -0.15) is 5.10 Å². The molecular formula is C15H19ClN4OS. The van der Waals surface area contributed by atoms with Crippen LogP contribution in [0.2, 0.25) is 4.34 Å². The highest BCUT2D eigenvalue weighted by Crippen LogP contribution is 2.49. The Morgan fingerprint density at radius 1 is 1.50 bits per heavy atom. The van der Waals surface area contributed by atoms with E-state index in [1.165, 1.54) is 10.4 Å². The molecule has 2 aliphatic heterocycles. The number of aryl methyl sites for hydroxylation is 1. The fourth-order valence-corrected chi connectivity index (χ4v) is 5.31. The quantitative estimate of drug-likeness (QED) is 0.868. The summed E-state index contributed by atoms with van der Waals surface area (Å²) in [5.74, 6) is 0.962. The average molecular weight is 339 g/mol. The van der Waals surface area contributed by atoms with E-state index in [0.717, 1.165) is 36.0 Å². The molecule has 0 aromatic carbocycles. The highest BCUT2D eigenvalue weighted by molar-refractivity contribution is 7.16. The number of aromatic nitrogens is 3. The number of nitrogens with one attached hydrogen (secondary N) is 1. The summed E-state index contributed by atoms with van der Waals surface area (Å²) in [7, 11) is 1.94. The predicted octanol–water partition coefficient (Wildman–Crippen LogP) is 2.81. The maximum absolute atomic E-state index is 6.34. The van der Waals surface area contributed by atoms with Crippen molar-refractivity contribution in [1.29, 1.82) is 0 Å². The minimum absolute atomic E-state index is 0.142. The van der Waals surface area contributed by atoms with Gasteiger partial charge in [0, 0.05) is 24.4 Å². The summed E-state index contributed by atoms with van der Waals surface area (Å²) in [6, 6.07) is 2.60. The lowest BCUT2D eigenvalue weighted by Crippen LogP contribution is -2.50. The molecule has 1 N–H and O–H groups in total. The third-order valence-corrected chi connectivity index (χ3v) is 6.15. The Balaban J connectivity index is 1.74. The van der Waals surface area contributed by atoms with Gasteiger partial charge in [-0.25, -0.2) is 4.98 Å². The number of thiophene rings is 1. The third-order valence-electron chi connectivity index (χ3n) is 4.66. The summed E-state index contributed by atoms with van der Waals surface area (Å²) >= 11 is 7.94. The number of hydrogen-bond acceptors (Lipinski definition) is 5. The van der Waals surface area contributed by atoms with Crippen molar-refractivity contribution in [2.45, 2.75) is 43.9 Å². The van der Waals surface area contributed by atoms with Crippen LogP contribution in [0.25, 0.3) is 0 Å². The van der Waals surface area contributed by atoms with E-state index in [-0.39, 0.29) is 11.6 Å². The first-order chi connectivity index (χ1) is 10.6. The first-order valence-electron chi connectivity index (χ1n) is 7.60. The average Bonchev–Trinajstić information content (AvgIpc) is 3.04. The molecule has 4 rings (SSSR count). The normalized spacial score (nSPS) is 31.4. The lowest BCUT2D eigenvalue weighted by atomic mass is 9.79. The van der Waals surface area contributed by atoms with Crippen molar-refractivity contribution < 1.29 is 4.74 Å². The fourth-order valence-electron chi connectivity index (χ4n) is 3.85. The van der Waals surface area contributed by atoms with E-state index < -0.39 is 0 Å². The monoisotopic (exact) mass is 338 g/mol. The minimum Gasteiger partial charge on any atom is -0.369 e.